The first kappa shape index (κ1) is 13.2. The Bertz CT molecular complexity index is 574. The van der Waals surface area contributed by atoms with E-state index < -0.39 is 0 Å². The molecule has 4 rings (SSSR count). The van der Waals surface area contributed by atoms with Crippen LogP contribution in [0.1, 0.15) is 8.87 Å². The zero-order valence-corrected chi connectivity index (χ0v) is 19.2. The molecule has 0 fully saturated rings. The maximum absolute atomic E-state index is 2.39. The van der Waals surface area contributed by atoms with Crippen molar-refractivity contribution in [3.63, 3.8) is 0 Å². The molecule has 0 nitrogen and oxygen atoms in total. The van der Waals surface area contributed by atoms with Gasteiger partial charge in [0.1, 0.15) is 0 Å². The Morgan fingerprint density at radius 3 is 1.39 bits per heavy atom. The average molecular weight is 624 g/mol. The summed E-state index contributed by atoms with van der Waals surface area (Å²) in [6, 6.07) is 9.33. The minimum absolute atomic E-state index is 0.652. The Morgan fingerprint density at radius 1 is 0.556 bits per heavy atom. The van der Waals surface area contributed by atoms with Gasteiger partial charge in [-0.05, 0) is 0 Å². The first-order valence-corrected chi connectivity index (χ1v) is 21.0. The van der Waals surface area contributed by atoms with Crippen LogP contribution >= 0.6 is 0 Å². The number of hydrogen-bond acceptors (Lipinski definition) is 0. The first-order valence-electron chi connectivity index (χ1n) is 5.19. The van der Waals surface area contributed by atoms with Crippen LogP contribution in [0.25, 0.3) is 8.94 Å². The summed E-state index contributed by atoms with van der Waals surface area (Å²) in [7, 11) is 0. The normalized spacial score (nSPS) is 18.9. The molecule has 2 aromatic rings. The van der Waals surface area contributed by atoms with E-state index in [1.165, 1.54) is 0 Å². The van der Waals surface area contributed by atoms with E-state index in [4.69, 9.17) is 0 Å². The predicted octanol–water partition coefficient (Wildman–Crippen LogP) is 0.512. The van der Waals surface area contributed by atoms with Gasteiger partial charge in [-0.25, -0.2) is 0 Å². The second kappa shape index (κ2) is 5.74. The second-order valence-electron chi connectivity index (χ2n) is 3.60. The van der Waals surface area contributed by atoms with E-state index in [1.807, 2.05) is 17.9 Å². The van der Waals surface area contributed by atoms with Crippen LogP contribution in [0.2, 0.25) is 0 Å². The zero-order chi connectivity index (χ0) is 11.9. The molecule has 0 saturated heterocycles. The van der Waals surface area contributed by atoms with Crippen LogP contribution in [0.4, 0.5) is 0 Å². The molecule has 0 radical (unpaired) electrons. The summed E-state index contributed by atoms with van der Waals surface area (Å²) in [5.41, 5.74) is 0. The summed E-state index contributed by atoms with van der Waals surface area (Å²) >= 11 is 4.54. The van der Waals surface area contributed by atoms with Crippen LogP contribution in [-0.4, -0.2) is 81.5 Å². The molecule has 0 atom stereocenters. The summed E-state index contributed by atoms with van der Waals surface area (Å²) in [6.45, 7) is 0. The number of hydrogen-bond donors (Lipinski definition) is 0. The van der Waals surface area contributed by atoms with Crippen LogP contribution in [0.15, 0.2) is 43.1 Å². The molecule has 6 heteroatoms. The molecule has 0 N–H and O–H groups in total. The van der Waals surface area contributed by atoms with Gasteiger partial charge in [-0.15, -0.1) is 0 Å². The van der Waals surface area contributed by atoms with Gasteiger partial charge in [0.2, 0.25) is 0 Å². The van der Waals surface area contributed by atoms with E-state index in [2.05, 4.69) is 34.1 Å². The van der Waals surface area contributed by atoms with Gasteiger partial charge in [-0.2, -0.15) is 0 Å². The number of fused-ring (bicyclic) bond motifs is 1. The van der Waals surface area contributed by atoms with Crippen molar-refractivity contribution in [2.24, 2.45) is 0 Å². The summed E-state index contributed by atoms with van der Waals surface area (Å²) in [6.07, 6.45) is 0. The molecule has 4 heterocycles. The molecule has 90 valence electrons. The van der Waals surface area contributed by atoms with Crippen LogP contribution in [0, 0.1) is 0 Å². The molecule has 0 aromatic carbocycles. The van der Waals surface area contributed by atoms with Gasteiger partial charge in [0, 0.05) is 0 Å². The van der Waals surface area contributed by atoms with Crippen molar-refractivity contribution < 1.29 is 0 Å². The van der Waals surface area contributed by atoms with Gasteiger partial charge in [-0.3, -0.25) is 0 Å². The molecular weight excluding hydrogens is 618 g/mol. The van der Waals surface area contributed by atoms with Crippen LogP contribution in [0.5, 0.6) is 0 Å². The first-order chi connectivity index (χ1) is 8.93. The molecule has 0 bridgehead atoms. The summed E-state index contributed by atoms with van der Waals surface area (Å²) in [5, 5.41) is 0. The fraction of sp³-hybridized carbons (Fsp3) is 0. The standard InChI is InChI=1S/C12H6Se6/c1-3-7(13-5-1)9-11-12(18-15-9)10(16-17-11)8-4-2-6-14-8/h1-6H. The van der Waals surface area contributed by atoms with Crippen molar-refractivity contribution in [2.45, 2.75) is 0 Å². The van der Waals surface area contributed by atoms with Crippen LogP contribution < -0.4 is 0 Å². The van der Waals surface area contributed by atoms with E-state index in [0.717, 1.165) is 52.5 Å². The van der Waals surface area contributed by atoms with E-state index in [-0.39, 0.29) is 0 Å². The van der Waals surface area contributed by atoms with Crippen LogP contribution in [-0.2, 0) is 0 Å². The molecule has 0 amide bonds. The number of rotatable bonds is 2. The third-order valence-corrected chi connectivity index (χ3v) is 23.8. The average Bonchev–Trinajstić information content (AvgIpc) is 3.14. The molecule has 2 aromatic heterocycles. The molecule has 0 spiro atoms. The van der Waals surface area contributed by atoms with Crippen molar-refractivity contribution in [3.8, 4) is 0 Å². The summed E-state index contributed by atoms with van der Waals surface area (Å²) in [5.74, 6) is 0. The van der Waals surface area contributed by atoms with Crippen molar-refractivity contribution in [2.75, 3.05) is 0 Å². The second-order valence-corrected chi connectivity index (χ2v) is 19.7. The molecule has 2 aliphatic heterocycles. The van der Waals surface area contributed by atoms with Gasteiger partial charge in [0.15, 0.2) is 0 Å². The molecule has 2 aliphatic rings. The van der Waals surface area contributed by atoms with E-state index in [9.17, 15) is 0 Å². The molecule has 18 heavy (non-hydrogen) atoms. The fourth-order valence-corrected chi connectivity index (χ4v) is 36.3. The Labute approximate surface area is 140 Å². The van der Waals surface area contributed by atoms with Crippen molar-refractivity contribution in [3.05, 3.63) is 52.0 Å². The van der Waals surface area contributed by atoms with Gasteiger partial charge in [0.25, 0.3) is 0 Å². The fourth-order valence-electron chi connectivity index (χ4n) is 1.72. The molecule has 0 unspecified atom stereocenters. The minimum atomic E-state index is 0.652. The number of allylic oxidation sites excluding steroid dienone is 2. The van der Waals surface area contributed by atoms with Gasteiger partial charge < -0.3 is 0 Å². The molecular formula is C12H6Se6. The van der Waals surface area contributed by atoms with Gasteiger partial charge in [-0.1, -0.05) is 0 Å². The van der Waals surface area contributed by atoms with E-state index in [1.54, 1.807) is 8.87 Å². The van der Waals surface area contributed by atoms with Crippen molar-refractivity contribution in [1.29, 1.82) is 0 Å². The Kier molecular flexibility index (Phi) is 4.22. The zero-order valence-electron chi connectivity index (χ0n) is 8.91. The SMILES string of the molecule is c1c[se]c(C2=C3[Se][Se]C(c4ccc[se]4)=C3[Se][Se]2)c1. The summed E-state index contributed by atoms with van der Waals surface area (Å²) in [4.78, 5) is 4.75. The Hall–Kier alpha value is 1.56. The van der Waals surface area contributed by atoms with Gasteiger partial charge >= 0.3 is 142 Å². The Balaban J connectivity index is 1.83. The van der Waals surface area contributed by atoms with Crippen molar-refractivity contribution >= 4 is 90.5 Å². The Morgan fingerprint density at radius 2 is 1.00 bits per heavy atom. The van der Waals surface area contributed by atoms with Crippen molar-refractivity contribution in [1.82, 2.24) is 0 Å². The molecule has 0 saturated carbocycles. The quantitative estimate of drug-likeness (QED) is 0.428. The van der Waals surface area contributed by atoms with Crippen LogP contribution in [0.3, 0.4) is 0 Å². The van der Waals surface area contributed by atoms with Gasteiger partial charge in [0.05, 0.1) is 0 Å². The van der Waals surface area contributed by atoms with E-state index in [0.29, 0.717) is 29.0 Å². The third-order valence-electron chi connectivity index (χ3n) is 2.53. The predicted molar refractivity (Wildman–Crippen MR) is 83.6 cm³/mol. The maximum atomic E-state index is 2.39. The molecule has 0 aliphatic carbocycles. The monoisotopic (exact) mass is 630 g/mol. The van der Waals surface area contributed by atoms with E-state index >= 15 is 0 Å². The third kappa shape index (κ3) is 2.32. The topological polar surface area (TPSA) is 0 Å². The summed E-state index contributed by atoms with van der Waals surface area (Å²) < 4.78 is 10.9.